The topological polar surface area (TPSA) is 135 Å². The Labute approximate surface area is 200 Å². The molecule has 1 heterocycles. The summed E-state index contributed by atoms with van der Waals surface area (Å²) in [4.78, 5) is 64.2. The van der Waals surface area contributed by atoms with Gasteiger partial charge in [0.05, 0.1) is 16.3 Å². The van der Waals surface area contributed by atoms with Gasteiger partial charge in [0.1, 0.15) is 5.75 Å². The van der Waals surface area contributed by atoms with Gasteiger partial charge in [-0.15, -0.1) is 0 Å². The summed E-state index contributed by atoms with van der Waals surface area (Å²) in [5.41, 5.74) is 6.65. The van der Waals surface area contributed by atoms with Crippen molar-refractivity contribution in [1.29, 1.82) is 0 Å². The molecule has 4 unspecified atom stereocenters. The van der Waals surface area contributed by atoms with E-state index in [2.05, 4.69) is 15.9 Å². The van der Waals surface area contributed by atoms with Gasteiger partial charge in [-0.3, -0.25) is 19.2 Å². The predicted octanol–water partition coefficient (Wildman–Crippen LogP) is 2.89. The zero-order valence-electron chi connectivity index (χ0n) is 16.9. The smallest absolute Gasteiger partial charge is 0.328 e. The summed E-state index contributed by atoms with van der Waals surface area (Å²) in [5.74, 6) is -5.47. The minimum Gasteiger partial charge on any atom is -0.508 e. The van der Waals surface area contributed by atoms with Crippen molar-refractivity contribution in [3.05, 3.63) is 62.1 Å². The summed E-state index contributed by atoms with van der Waals surface area (Å²) in [6.45, 7) is 0. The fourth-order valence-corrected chi connectivity index (χ4v) is 6.16. The summed E-state index contributed by atoms with van der Waals surface area (Å²) < 4.78 is 0.0905. The zero-order valence-corrected chi connectivity index (χ0v) is 19.2. The average molecular weight is 532 g/mol. The van der Waals surface area contributed by atoms with E-state index in [1.54, 1.807) is 6.08 Å². The minimum atomic E-state index is -1.14. The number of phenolic OH excluding ortho intramolecular Hbond substituents is 1. The van der Waals surface area contributed by atoms with Crippen molar-refractivity contribution in [3.63, 3.8) is 0 Å². The van der Waals surface area contributed by atoms with Crippen LogP contribution in [0.2, 0.25) is 5.02 Å². The van der Waals surface area contributed by atoms with Gasteiger partial charge in [0, 0.05) is 33.7 Å². The first kappa shape index (κ1) is 21.8. The molecule has 4 amide bonds. The number of phenols is 1. The van der Waals surface area contributed by atoms with Crippen molar-refractivity contribution in [3.8, 4) is 5.75 Å². The van der Waals surface area contributed by atoms with E-state index in [1.807, 2.05) is 0 Å². The Morgan fingerprint density at radius 3 is 2.58 bits per heavy atom. The number of carbonyl (C=O) groups is 5. The number of nitrogens with two attached hydrogens (primary N) is 1. The lowest BCUT2D eigenvalue weighted by molar-refractivity contribution is -0.136. The first-order chi connectivity index (χ1) is 15.6. The highest BCUT2D eigenvalue weighted by atomic mass is 79.9. The molecule has 4 atom stereocenters. The van der Waals surface area contributed by atoms with E-state index in [1.165, 1.54) is 24.3 Å². The number of rotatable bonds is 1. The number of primary amides is 1. The third-order valence-electron chi connectivity index (χ3n) is 6.85. The number of likely N-dealkylation sites (tertiary alicyclic amines) is 1. The number of hydrogen-bond donors (Lipinski definition) is 2. The van der Waals surface area contributed by atoms with Crippen LogP contribution in [-0.2, 0) is 19.2 Å². The number of imide groups is 3. The molecule has 33 heavy (non-hydrogen) atoms. The lowest BCUT2D eigenvalue weighted by atomic mass is 9.59. The summed E-state index contributed by atoms with van der Waals surface area (Å²) in [5, 5.41) is 11.0. The molecule has 0 bridgehead atoms. The maximum Gasteiger partial charge on any atom is 0.328 e. The molecule has 0 aromatic heterocycles. The summed E-state index contributed by atoms with van der Waals surface area (Å²) in [7, 11) is 0. The van der Waals surface area contributed by atoms with Gasteiger partial charge in [-0.1, -0.05) is 23.3 Å². The van der Waals surface area contributed by atoms with Gasteiger partial charge >= 0.3 is 6.03 Å². The van der Waals surface area contributed by atoms with Crippen molar-refractivity contribution in [2.45, 2.75) is 18.8 Å². The third-order valence-corrected chi connectivity index (χ3v) is 7.68. The van der Waals surface area contributed by atoms with Crippen LogP contribution in [0.5, 0.6) is 5.75 Å². The van der Waals surface area contributed by atoms with Crippen LogP contribution in [-0.4, -0.2) is 39.4 Å². The number of aromatic hydroxyl groups is 1. The molecule has 1 fully saturated rings. The number of fused-ring (bicyclic) bond motifs is 3. The SMILES string of the molecule is NC(=O)N1C(=O)C2CC=C3C(c4cc(Cl)ccc4O)C4=C(CC3C2C1=O)C(=O)C(Br)=CC4=O. The van der Waals surface area contributed by atoms with Crippen LogP contribution < -0.4 is 5.73 Å². The molecule has 4 aliphatic rings. The fraction of sp³-hybridized carbons (Fsp3) is 0.261. The first-order valence-electron chi connectivity index (χ1n) is 10.2. The van der Waals surface area contributed by atoms with Crippen LogP contribution in [0.15, 0.2) is 51.6 Å². The molecule has 3 aliphatic carbocycles. The fourth-order valence-electron chi connectivity index (χ4n) is 5.54. The van der Waals surface area contributed by atoms with E-state index in [9.17, 15) is 29.1 Å². The number of ketones is 2. The van der Waals surface area contributed by atoms with E-state index in [-0.39, 0.29) is 34.2 Å². The second-order valence-corrected chi connectivity index (χ2v) is 9.74. The Balaban J connectivity index is 1.73. The predicted molar refractivity (Wildman–Crippen MR) is 119 cm³/mol. The summed E-state index contributed by atoms with van der Waals surface area (Å²) >= 11 is 9.32. The average Bonchev–Trinajstić information content (AvgIpc) is 3.02. The van der Waals surface area contributed by atoms with E-state index in [0.29, 0.717) is 21.1 Å². The minimum absolute atomic E-state index is 0.0410. The molecule has 0 saturated carbocycles. The molecule has 1 aromatic rings. The maximum atomic E-state index is 13.1. The molecule has 0 spiro atoms. The van der Waals surface area contributed by atoms with E-state index in [0.717, 1.165) is 0 Å². The second-order valence-electron chi connectivity index (χ2n) is 8.45. The van der Waals surface area contributed by atoms with Crippen LogP contribution in [0.25, 0.3) is 0 Å². The van der Waals surface area contributed by atoms with E-state index >= 15 is 0 Å². The molecule has 1 aromatic carbocycles. The van der Waals surface area contributed by atoms with Crippen molar-refractivity contribution in [2.75, 3.05) is 0 Å². The molecule has 168 valence electrons. The van der Waals surface area contributed by atoms with Crippen LogP contribution in [0, 0.1) is 17.8 Å². The number of urea groups is 1. The normalized spacial score (nSPS) is 28.8. The van der Waals surface area contributed by atoms with Gasteiger partial charge in [0.2, 0.25) is 11.8 Å². The Kier molecular flexibility index (Phi) is 4.95. The standard InChI is InChI=1S/C23H16BrClN2O6/c24-14-7-16(29)19-13(20(14)30)6-11-9(17(19)12-5-8(25)1-4-15(12)28)2-3-10-18(11)22(32)27(21(10)31)23(26)33/h1-2,4-5,7,10-11,17-18,28H,3,6H2,(H2,26,33). The highest BCUT2D eigenvalue weighted by molar-refractivity contribution is 9.12. The van der Waals surface area contributed by atoms with Crippen LogP contribution in [0.3, 0.4) is 0 Å². The van der Waals surface area contributed by atoms with Gasteiger partial charge < -0.3 is 10.8 Å². The van der Waals surface area contributed by atoms with Gasteiger partial charge in [-0.05, 0) is 52.9 Å². The van der Waals surface area contributed by atoms with Crippen LogP contribution in [0.1, 0.15) is 24.3 Å². The van der Waals surface area contributed by atoms with Crippen molar-refractivity contribution in [2.24, 2.45) is 23.5 Å². The molecule has 1 aliphatic heterocycles. The molecule has 5 rings (SSSR count). The largest absolute Gasteiger partial charge is 0.508 e. The summed E-state index contributed by atoms with van der Waals surface area (Å²) in [6, 6.07) is 3.27. The number of amides is 4. The molecular formula is C23H16BrClN2O6. The van der Waals surface area contributed by atoms with E-state index in [4.69, 9.17) is 17.3 Å². The molecule has 8 nitrogen and oxygen atoms in total. The second kappa shape index (κ2) is 7.50. The Bertz CT molecular complexity index is 1300. The van der Waals surface area contributed by atoms with Crippen molar-refractivity contribution >= 4 is 56.9 Å². The molecule has 10 heteroatoms. The monoisotopic (exact) mass is 530 g/mol. The number of hydrogen-bond acceptors (Lipinski definition) is 6. The Morgan fingerprint density at radius 2 is 1.88 bits per heavy atom. The number of carbonyl (C=O) groups excluding carboxylic acids is 5. The van der Waals surface area contributed by atoms with Crippen molar-refractivity contribution < 1.29 is 29.1 Å². The van der Waals surface area contributed by atoms with E-state index < -0.39 is 53.1 Å². The number of nitrogens with zero attached hydrogens (tertiary/aromatic N) is 1. The molecule has 0 radical (unpaired) electrons. The molecule has 1 saturated heterocycles. The number of benzene rings is 1. The highest BCUT2D eigenvalue weighted by Crippen LogP contribution is 2.56. The van der Waals surface area contributed by atoms with Gasteiger partial charge in [-0.25, -0.2) is 4.79 Å². The lowest BCUT2D eigenvalue weighted by Gasteiger charge is -2.42. The Hall–Kier alpha value is -3.04. The molecular weight excluding hydrogens is 516 g/mol. The number of allylic oxidation sites excluding steroid dienone is 6. The lowest BCUT2D eigenvalue weighted by Crippen LogP contribution is -2.42. The highest BCUT2D eigenvalue weighted by Gasteiger charge is 2.57. The summed E-state index contributed by atoms with van der Waals surface area (Å²) in [6.07, 6.45) is 3.16. The molecule has 3 N–H and O–H groups in total. The first-order valence-corrected chi connectivity index (χ1v) is 11.3. The van der Waals surface area contributed by atoms with Gasteiger partial charge in [-0.2, -0.15) is 4.90 Å². The van der Waals surface area contributed by atoms with Crippen LogP contribution in [0.4, 0.5) is 4.79 Å². The Morgan fingerprint density at radius 1 is 1.15 bits per heavy atom. The number of Topliss-reactive ketones (excluding diaryl/α,β-unsaturated/α-hetero) is 1. The quantitative estimate of drug-likeness (QED) is 0.325. The van der Waals surface area contributed by atoms with Crippen molar-refractivity contribution in [1.82, 2.24) is 4.90 Å². The number of halogens is 2. The third kappa shape index (κ3) is 3.06. The van der Waals surface area contributed by atoms with Crippen LogP contribution >= 0.6 is 27.5 Å². The zero-order chi connectivity index (χ0) is 23.8. The van der Waals surface area contributed by atoms with Gasteiger partial charge in [0.25, 0.3) is 0 Å². The van der Waals surface area contributed by atoms with Gasteiger partial charge in [0.15, 0.2) is 11.6 Å². The maximum absolute atomic E-state index is 13.1.